The molecule has 0 saturated heterocycles. The van der Waals surface area contributed by atoms with Crippen molar-refractivity contribution < 1.29 is 24.2 Å². The van der Waals surface area contributed by atoms with Crippen LogP contribution in [-0.4, -0.2) is 55.4 Å². The zero-order chi connectivity index (χ0) is 42.8. The van der Waals surface area contributed by atoms with Crippen LogP contribution in [0.3, 0.4) is 0 Å². The third kappa shape index (κ3) is 23.0. The van der Waals surface area contributed by atoms with E-state index < -0.39 is 12.2 Å². The molecule has 4 rings (SSSR count). The molecule has 8 heteroatoms. The van der Waals surface area contributed by atoms with Gasteiger partial charge in [-0.3, -0.25) is 9.59 Å². The summed E-state index contributed by atoms with van der Waals surface area (Å²) < 4.78 is 5.70. The molecule has 0 spiro atoms. The van der Waals surface area contributed by atoms with Crippen LogP contribution in [0.4, 0.5) is 4.79 Å². The quantitative estimate of drug-likeness (QED) is 0.0459. The van der Waals surface area contributed by atoms with Gasteiger partial charge in [0.25, 0.3) is 0 Å². The molecule has 8 nitrogen and oxygen atoms in total. The summed E-state index contributed by atoms with van der Waals surface area (Å²) >= 11 is 0. The number of alkyl carbamates (subject to hydrolysis) is 1. The van der Waals surface area contributed by atoms with Gasteiger partial charge in [-0.05, 0) is 117 Å². The Morgan fingerprint density at radius 2 is 0.933 bits per heavy atom. The van der Waals surface area contributed by atoms with Gasteiger partial charge in [-0.1, -0.05) is 149 Å². The summed E-state index contributed by atoms with van der Waals surface area (Å²) in [5, 5.41) is 18.2. The van der Waals surface area contributed by atoms with Gasteiger partial charge in [-0.2, -0.15) is 0 Å². The molecule has 4 N–H and O–H groups in total. The van der Waals surface area contributed by atoms with Crippen molar-refractivity contribution in [1.82, 2.24) is 16.0 Å². The lowest BCUT2D eigenvalue weighted by Gasteiger charge is -2.20. The molecule has 9 atom stereocenters. The number of ether oxygens (including phenoxy) is 1. The summed E-state index contributed by atoms with van der Waals surface area (Å²) in [5.74, 6) is 8.50. The van der Waals surface area contributed by atoms with Gasteiger partial charge < -0.3 is 25.8 Å². The van der Waals surface area contributed by atoms with Gasteiger partial charge in [0, 0.05) is 26.0 Å². The van der Waals surface area contributed by atoms with Crippen LogP contribution >= 0.6 is 0 Å². The molecule has 3 amide bonds. The second kappa shape index (κ2) is 30.3. The first kappa shape index (κ1) is 50.8. The predicted octanol–water partition coefficient (Wildman–Crippen LogP) is 12.4. The third-order valence-electron chi connectivity index (χ3n) is 15.3. The lowest BCUT2D eigenvalue weighted by atomic mass is 10.0. The number of aliphatic hydroxyl groups excluding tert-OH is 1. The molecule has 4 saturated carbocycles. The van der Waals surface area contributed by atoms with E-state index in [4.69, 9.17) is 4.74 Å². The zero-order valence-corrected chi connectivity index (χ0v) is 39.3. The molecule has 4 aliphatic carbocycles. The minimum atomic E-state index is -0.632. The van der Waals surface area contributed by atoms with Crippen molar-refractivity contribution in [3.8, 4) is 0 Å². The molecule has 4 fully saturated rings. The number of carbonyl (C=O) groups excluding carboxylic acids is 3. The van der Waals surface area contributed by atoms with Crippen LogP contribution in [0.25, 0.3) is 0 Å². The lowest BCUT2D eigenvalue weighted by molar-refractivity contribution is -0.121. The Hall–Kier alpha value is -1.83. The summed E-state index contributed by atoms with van der Waals surface area (Å²) in [7, 11) is 0. The summed E-state index contributed by atoms with van der Waals surface area (Å²) in [6.07, 6.45) is 37.9. The number of carbonyl (C=O) groups is 3. The van der Waals surface area contributed by atoms with E-state index in [1.807, 2.05) is 0 Å². The van der Waals surface area contributed by atoms with Crippen molar-refractivity contribution in [2.75, 3.05) is 26.2 Å². The smallest absolute Gasteiger partial charge is 0.407 e. The van der Waals surface area contributed by atoms with E-state index in [0.29, 0.717) is 25.3 Å². The number of amides is 3. The van der Waals surface area contributed by atoms with E-state index in [2.05, 4.69) is 36.7 Å². The second-order valence-corrected chi connectivity index (χ2v) is 20.6. The molecule has 0 aromatic heterocycles. The fraction of sp³-hybridized carbons (Fsp3) is 0.942. The van der Waals surface area contributed by atoms with Crippen molar-refractivity contribution in [2.45, 2.75) is 232 Å². The summed E-state index contributed by atoms with van der Waals surface area (Å²) in [4.78, 5) is 38.2. The minimum Gasteiger partial charge on any atom is -0.442 e. The molecule has 4 aliphatic rings. The topological polar surface area (TPSA) is 117 Å². The summed E-state index contributed by atoms with van der Waals surface area (Å²) in [5.41, 5.74) is 0. The Labute approximate surface area is 368 Å². The van der Waals surface area contributed by atoms with E-state index >= 15 is 0 Å². The van der Waals surface area contributed by atoms with Gasteiger partial charge >= 0.3 is 6.09 Å². The van der Waals surface area contributed by atoms with Crippen molar-refractivity contribution in [3.63, 3.8) is 0 Å². The maximum atomic E-state index is 12.8. The van der Waals surface area contributed by atoms with Gasteiger partial charge in [0.15, 0.2) is 0 Å². The van der Waals surface area contributed by atoms with Gasteiger partial charge in [-0.15, -0.1) is 0 Å². The van der Waals surface area contributed by atoms with Crippen molar-refractivity contribution in [1.29, 1.82) is 0 Å². The number of hydrogen-bond donors (Lipinski definition) is 4. The van der Waals surface area contributed by atoms with Crippen LogP contribution in [-0.2, 0) is 14.3 Å². The molecule has 60 heavy (non-hydrogen) atoms. The number of nitrogens with one attached hydrogen (secondary N) is 3. The van der Waals surface area contributed by atoms with E-state index in [1.165, 1.54) is 141 Å². The van der Waals surface area contributed by atoms with Crippen molar-refractivity contribution >= 4 is 17.9 Å². The molecule has 9 unspecified atom stereocenters. The molecule has 0 radical (unpaired) electrons. The van der Waals surface area contributed by atoms with Crippen LogP contribution < -0.4 is 16.0 Å². The highest BCUT2D eigenvalue weighted by Gasteiger charge is 2.45. The molecular weight excluding hydrogens is 747 g/mol. The second-order valence-electron chi connectivity index (χ2n) is 20.6. The molecular formula is C52H95N3O5. The monoisotopic (exact) mass is 842 g/mol. The molecule has 0 aromatic rings. The Morgan fingerprint density at radius 3 is 1.35 bits per heavy atom. The lowest BCUT2D eigenvalue weighted by Crippen LogP contribution is -2.44. The van der Waals surface area contributed by atoms with Crippen LogP contribution in [0.5, 0.6) is 0 Å². The number of hydrogen-bond acceptors (Lipinski definition) is 5. The Kier molecular flexibility index (Phi) is 25.6. The SMILES string of the molecule is CCCCCC1CC1CC1CC1CCCCCCCC(=O)NCC(CNC(=O)CCCCCCCC1CC1CC1CC1CCCCC)OC(=O)NCCCCC(CC)CO. The largest absolute Gasteiger partial charge is 0.442 e. The standard InChI is InChI=1S/C52H95N3O5/c1-4-7-15-24-41-31-45(41)35-47-33-43(47)26-17-11-9-13-19-28-50(57)54-37-49(60-52(59)53-30-22-21-23-40(6-3)39-56)38-55-51(58)29-20-14-10-12-18-27-44-34-48(44)36-46-32-42(46)25-16-8-5-2/h40-49,56H,4-39H2,1-3H3,(H,53,59)(H,54,57)(H,55,58). The van der Waals surface area contributed by atoms with Gasteiger partial charge in [0.1, 0.15) is 6.10 Å². The van der Waals surface area contributed by atoms with E-state index in [-0.39, 0.29) is 31.5 Å². The summed E-state index contributed by atoms with van der Waals surface area (Å²) in [6, 6.07) is 0. The van der Waals surface area contributed by atoms with Crippen LogP contribution in [0.2, 0.25) is 0 Å². The van der Waals surface area contributed by atoms with Gasteiger partial charge in [0.2, 0.25) is 11.8 Å². The highest BCUT2D eigenvalue weighted by Crippen LogP contribution is 2.55. The van der Waals surface area contributed by atoms with Crippen LogP contribution in [0.1, 0.15) is 226 Å². The molecule has 0 aromatic carbocycles. The first-order valence-electron chi connectivity index (χ1n) is 26.4. The van der Waals surface area contributed by atoms with E-state index in [0.717, 1.165) is 98.7 Å². The fourth-order valence-electron chi connectivity index (χ4n) is 10.5. The number of aliphatic hydroxyl groups is 1. The highest BCUT2D eigenvalue weighted by atomic mass is 16.6. The number of unbranched alkanes of at least 4 members (excludes halogenated alkanes) is 13. The maximum absolute atomic E-state index is 12.8. The Balaban J connectivity index is 1.00. The molecule has 0 bridgehead atoms. The number of rotatable bonds is 40. The highest BCUT2D eigenvalue weighted by molar-refractivity contribution is 5.76. The van der Waals surface area contributed by atoms with Crippen LogP contribution in [0.15, 0.2) is 0 Å². The average molecular weight is 842 g/mol. The maximum Gasteiger partial charge on any atom is 0.407 e. The molecule has 0 heterocycles. The van der Waals surface area contributed by atoms with Crippen LogP contribution in [0, 0.1) is 53.3 Å². The van der Waals surface area contributed by atoms with Gasteiger partial charge in [-0.25, -0.2) is 4.79 Å². The first-order valence-corrected chi connectivity index (χ1v) is 26.4. The Morgan fingerprint density at radius 1 is 0.517 bits per heavy atom. The fourth-order valence-corrected chi connectivity index (χ4v) is 10.5. The Bertz CT molecular complexity index is 1090. The predicted molar refractivity (Wildman–Crippen MR) is 248 cm³/mol. The van der Waals surface area contributed by atoms with Crippen molar-refractivity contribution in [3.05, 3.63) is 0 Å². The normalized spacial score (nSPS) is 25.9. The third-order valence-corrected chi connectivity index (χ3v) is 15.3. The van der Waals surface area contributed by atoms with E-state index in [9.17, 15) is 19.5 Å². The van der Waals surface area contributed by atoms with E-state index in [1.54, 1.807) is 0 Å². The van der Waals surface area contributed by atoms with Gasteiger partial charge in [0.05, 0.1) is 13.1 Å². The first-order chi connectivity index (χ1) is 29.3. The summed E-state index contributed by atoms with van der Waals surface area (Å²) in [6.45, 7) is 7.75. The van der Waals surface area contributed by atoms with Crippen molar-refractivity contribution in [2.24, 2.45) is 53.3 Å². The average Bonchev–Trinajstić information content (AvgIpc) is 4.07. The molecule has 0 aliphatic heterocycles. The molecule has 348 valence electrons. The minimum absolute atomic E-state index is 0.0230. The zero-order valence-electron chi connectivity index (χ0n) is 39.3.